The zero-order valence-corrected chi connectivity index (χ0v) is 18.9. The molecule has 0 N–H and O–H groups in total. The molecule has 0 aromatic rings. The van der Waals surface area contributed by atoms with Crippen molar-refractivity contribution in [1.82, 2.24) is 0 Å². The first-order valence-corrected chi connectivity index (χ1v) is 12.0. The van der Waals surface area contributed by atoms with Crippen LogP contribution in [0.5, 0.6) is 0 Å². The molecule has 5 heteroatoms. The molecule has 5 fully saturated rings. The standard InChI is InChI=1S/C23H33BrO4/c1-13(25)17-4-5-18-16-10-20-23(24)11-15(28-14(2)26)6-9-22(23,12-27-20)19(16)7-8-21(17,18)3/h15-20H,4-12H2,1-3H3/t15-,16-,17+,18-,19-,20-,21+,22-,23-/m0/s1. The second-order valence-corrected chi connectivity index (χ2v) is 12.1. The summed E-state index contributed by atoms with van der Waals surface area (Å²) in [5.74, 6) is 2.47. The van der Waals surface area contributed by atoms with E-state index >= 15 is 0 Å². The maximum Gasteiger partial charge on any atom is 0.302 e. The number of hydrogen-bond donors (Lipinski definition) is 0. The number of esters is 1. The fourth-order valence-electron chi connectivity index (χ4n) is 8.70. The molecule has 0 aromatic heterocycles. The molecule has 1 saturated heterocycles. The minimum atomic E-state index is -0.173. The highest BCUT2D eigenvalue weighted by Crippen LogP contribution is 2.72. The first kappa shape index (κ1) is 19.5. The van der Waals surface area contributed by atoms with Gasteiger partial charge < -0.3 is 9.47 Å². The van der Waals surface area contributed by atoms with Crippen LogP contribution in [0.25, 0.3) is 0 Å². The van der Waals surface area contributed by atoms with Crippen LogP contribution in [0.2, 0.25) is 0 Å². The summed E-state index contributed by atoms with van der Waals surface area (Å²) in [4.78, 5) is 23.9. The molecule has 4 nitrogen and oxygen atoms in total. The van der Waals surface area contributed by atoms with E-state index in [4.69, 9.17) is 9.47 Å². The number of alkyl halides is 1. The van der Waals surface area contributed by atoms with E-state index in [-0.39, 0.29) is 39.2 Å². The summed E-state index contributed by atoms with van der Waals surface area (Å²) in [6.45, 7) is 6.56. The second-order valence-electron chi connectivity index (χ2n) is 10.7. The van der Waals surface area contributed by atoms with E-state index < -0.39 is 0 Å². The predicted molar refractivity (Wildman–Crippen MR) is 109 cm³/mol. The van der Waals surface area contributed by atoms with Gasteiger partial charge in [-0.15, -0.1) is 0 Å². The molecular weight excluding hydrogens is 420 g/mol. The van der Waals surface area contributed by atoms with E-state index in [2.05, 4.69) is 22.9 Å². The second kappa shape index (κ2) is 6.29. The Labute approximate surface area is 176 Å². The summed E-state index contributed by atoms with van der Waals surface area (Å²) in [5.41, 5.74) is 0.344. The Morgan fingerprint density at radius 1 is 1.07 bits per heavy atom. The lowest BCUT2D eigenvalue weighted by molar-refractivity contribution is -0.155. The zero-order chi connectivity index (χ0) is 19.9. The number of fused-ring (bicyclic) bond motifs is 3. The minimum Gasteiger partial charge on any atom is -0.463 e. The van der Waals surface area contributed by atoms with Crippen LogP contribution in [-0.4, -0.2) is 34.9 Å². The molecule has 28 heavy (non-hydrogen) atoms. The number of ketones is 1. The molecular formula is C23H33BrO4. The van der Waals surface area contributed by atoms with Crippen LogP contribution < -0.4 is 0 Å². The van der Waals surface area contributed by atoms with Gasteiger partial charge >= 0.3 is 5.97 Å². The molecule has 0 aromatic carbocycles. The lowest BCUT2D eigenvalue weighted by Crippen LogP contribution is -2.63. The van der Waals surface area contributed by atoms with Gasteiger partial charge in [-0.25, -0.2) is 0 Å². The number of rotatable bonds is 2. The van der Waals surface area contributed by atoms with Crippen molar-refractivity contribution in [2.45, 2.75) is 88.7 Å². The van der Waals surface area contributed by atoms with Crippen molar-refractivity contribution in [2.75, 3.05) is 6.61 Å². The molecule has 0 spiro atoms. The van der Waals surface area contributed by atoms with Crippen molar-refractivity contribution >= 4 is 27.7 Å². The van der Waals surface area contributed by atoms with Crippen LogP contribution in [0.15, 0.2) is 0 Å². The molecule has 0 radical (unpaired) electrons. The summed E-state index contributed by atoms with van der Waals surface area (Å²) >= 11 is 4.20. The fraction of sp³-hybridized carbons (Fsp3) is 0.913. The van der Waals surface area contributed by atoms with E-state index in [1.165, 1.54) is 26.2 Å². The molecule has 156 valence electrons. The van der Waals surface area contributed by atoms with Gasteiger partial charge in [0.15, 0.2) is 0 Å². The Kier molecular flexibility index (Phi) is 4.39. The highest BCUT2D eigenvalue weighted by Gasteiger charge is 2.72. The van der Waals surface area contributed by atoms with Gasteiger partial charge in [0, 0.05) is 24.7 Å². The van der Waals surface area contributed by atoms with E-state index in [1.54, 1.807) is 6.92 Å². The number of halogens is 1. The largest absolute Gasteiger partial charge is 0.463 e. The Morgan fingerprint density at radius 3 is 2.57 bits per heavy atom. The highest BCUT2D eigenvalue weighted by atomic mass is 79.9. The van der Waals surface area contributed by atoms with Crippen LogP contribution in [-0.2, 0) is 19.1 Å². The van der Waals surface area contributed by atoms with Crippen LogP contribution in [0.4, 0.5) is 0 Å². The van der Waals surface area contributed by atoms with Crippen LogP contribution in [0, 0.1) is 34.5 Å². The molecule has 9 atom stereocenters. The van der Waals surface area contributed by atoms with Gasteiger partial charge in [0.1, 0.15) is 11.9 Å². The third-order valence-corrected chi connectivity index (χ3v) is 11.4. The number of carbonyl (C=O) groups is 2. The van der Waals surface area contributed by atoms with Crippen molar-refractivity contribution < 1.29 is 19.1 Å². The van der Waals surface area contributed by atoms with E-state index in [0.29, 0.717) is 23.5 Å². The van der Waals surface area contributed by atoms with Crippen molar-refractivity contribution in [3.05, 3.63) is 0 Å². The number of Topliss-reactive ketones (excluding diaryl/α,β-unsaturated/α-hetero) is 1. The molecule has 4 aliphatic carbocycles. The lowest BCUT2D eigenvalue weighted by Gasteiger charge is -2.62. The Bertz CT molecular complexity index is 709. The molecule has 5 aliphatic rings. The van der Waals surface area contributed by atoms with Crippen molar-refractivity contribution in [3.63, 3.8) is 0 Å². The Balaban J connectivity index is 1.46. The summed E-state index contributed by atoms with van der Waals surface area (Å²) in [6, 6.07) is 0. The van der Waals surface area contributed by atoms with Crippen LogP contribution in [0.1, 0.15) is 72.1 Å². The van der Waals surface area contributed by atoms with Crippen molar-refractivity contribution in [1.29, 1.82) is 0 Å². The monoisotopic (exact) mass is 452 g/mol. The summed E-state index contributed by atoms with van der Waals surface area (Å²) in [6.07, 6.45) is 8.86. The van der Waals surface area contributed by atoms with E-state index in [0.717, 1.165) is 38.7 Å². The molecule has 5 rings (SSSR count). The average molecular weight is 453 g/mol. The topological polar surface area (TPSA) is 52.6 Å². The summed E-state index contributed by atoms with van der Waals surface area (Å²) in [5, 5.41) is 0. The van der Waals surface area contributed by atoms with Gasteiger partial charge in [-0.1, -0.05) is 22.9 Å². The van der Waals surface area contributed by atoms with Crippen LogP contribution in [0.3, 0.4) is 0 Å². The lowest BCUT2D eigenvalue weighted by atomic mass is 9.44. The van der Waals surface area contributed by atoms with Gasteiger partial charge in [-0.2, -0.15) is 0 Å². The van der Waals surface area contributed by atoms with Gasteiger partial charge in [0.25, 0.3) is 0 Å². The average Bonchev–Trinajstić information content (AvgIpc) is 3.04. The number of carbonyl (C=O) groups excluding carboxylic acids is 2. The highest BCUT2D eigenvalue weighted by molar-refractivity contribution is 9.10. The SMILES string of the molecule is CC(=O)O[C@H]1CC[C@]23CO[C@@H](C[C@H]4[C@@H]5CC[C@H](C(C)=O)[C@@]5(C)CC[C@@H]42)[C@@]3(Br)C1. The van der Waals surface area contributed by atoms with E-state index in [1.807, 2.05) is 0 Å². The summed E-state index contributed by atoms with van der Waals surface area (Å²) < 4.78 is 12.0. The molecule has 0 amide bonds. The fourth-order valence-corrected chi connectivity index (χ4v) is 9.98. The van der Waals surface area contributed by atoms with Crippen molar-refractivity contribution in [2.24, 2.45) is 34.5 Å². The Morgan fingerprint density at radius 2 is 1.86 bits per heavy atom. The molecule has 0 unspecified atom stereocenters. The summed E-state index contributed by atoms with van der Waals surface area (Å²) in [7, 11) is 0. The molecule has 1 heterocycles. The van der Waals surface area contributed by atoms with Gasteiger partial charge in [-0.3, -0.25) is 9.59 Å². The maximum atomic E-state index is 12.3. The van der Waals surface area contributed by atoms with Crippen LogP contribution >= 0.6 is 15.9 Å². The van der Waals surface area contributed by atoms with Gasteiger partial charge in [-0.05, 0) is 75.0 Å². The quantitative estimate of drug-likeness (QED) is 0.450. The normalized spacial score (nSPS) is 54.4. The van der Waals surface area contributed by atoms with E-state index in [9.17, 15) is 9.59 Å². The smallest absolute Gasteiger partial charge is 0.302 e. The van der Waals surface area contributed by atoms with Gasteiger partial charge in [0.05, 0.1) is 17.0 Å². The maximum absolute atomic E-state index is 12.3. The predicted octanol–water partition coefficient (Wildman–Crippen LogP) is 4.67. The zero-order valence-electron chi connectivity index (χ0n) is 17.3. The molecule has 4 saturated carbocycles. The third-order valence-electron chi connectivity index (χ3n) is 9.77. The first-order valence-electron chi connectivity index (χ1n) is 11.2. The van der Waals surface area contributed by atoms with Crippen molar-refractivity contribution in [3.8, 4) is 0 Å². The third kappa shape index (κ3) is 2.38. The molecule has 2 bridgehead atoms. The van der Waals surface area contributed by atoms with Gasteiger partial charge in [0.2, 0.25) is 0 Å². The minimum absolute atomic E-state index is 0.00757. The molecule has 1 aliphatic heterocycles. The number of hydrogen-bond acceptors (Lipinski definition) is 4. The first-order chi connectivity index (χ1) is 13.2. The Hall–Kier alpha value is -0.420. The number of ether oxygens (including phenoxy) is 2.